The summed E-state index contributed by atoms with van der Waals surface area (Å²) in [7, 11) is 0. The van der Waals surface area contributed by atoms with Crippen LogP contribution in [0.15, 0.2) is 11.1 Å². The van der Waals surface area contributed by atoms with Crippen molar-refractivity contribution in [1.29, 1.82) is 0 Å². The molecule has 0 amide bonds. The van der Waals surface area contributed by atoms with E-state index < -0.39 is 6.10 Å². The monoisotopic (exact) mass is 154 g/mol. The molecule has 2 heteroatoms. The third-order valence-electron chi connectivity index (χ3n) is 2.19. The van der Waals surface area contributed by atoms with Crippen molar-refractivity contribution in [2.75, 3.05) is 0 Å². The Morgan fingerprint density at radius 2 is 2.18 bits per heavy atom. The molecule has 1 aliphatic rings. The molecule has 1 aliphatic carbocycles. The summed E-state index contributed by atoms with van der Waals surface area (Å²) in [4.78, 5) is 11.0. The molecule has 2 nitrogen and oxygen atoms in total. The van der Waals surface area contributed by atoms with Crippen molar-refractivity contribution in [3.8, 4) is 0 Å². The van der Waals surface area contributed by atoms with E-state index in [0.29, 0.717) is 0 Å². The molecule has 0 aromatic heterocycles. The Kier molecular flexibility index (Phi) is 2.45. The molecule has 1 rings (SSSR count). The number of carbonyl (C=O) groups excluding carboxylic acids is 1. The zero-order chi connectivity index (χ0) is 8.43. The summed E-state index contributed by atoms with van der Waals surface area (Å²) in [5.74, 6) is 0.124. The third kappa shape index (κ3) is 1.69. The number of aliphatic hydroxyl groups is 1. The highest BCUT2D eigenvalue weighted by molar-refractivity contribution is 5.94. The van der Waals surface area contributed by atoms with Crippen LogP contribution in [0.2, 0.25) is 0 Å². The van der Waals surface area contributed by atoms with E-state index in [0.717, 1.165) is 30.4 Å². The average Bonchev–Trinajstić information content (AvgIpc) is 2.32. The lowest BCUT2D eigenvalue weighted by molar-refractivity contribution is -0.113. The molecule has 0 radical (unpaired) electrons. The van der Waals surface area contributed by atoms with E-state index in [2.05, 4.69) is 0 Å². The number of allylic oxidation sites excluding steroid dienone is 1. The Balaban J connectivity index is 2.86. The third-order valence-corrected chi connectivity index (χ3v) is 2.19. The maximum absolute atomic E-state index is 11.0. The predicted octanol–water partition coefficient (Wildman–Crippen LogP) is 1.44. The Hall–Kier alpha value is -0.630. The number of ketones is 1. The molecule has 0 aromatic rings. The minimum atomic E-state index is -0.434. The van der Waals surface area contributed by atoms with Gasteiger partial charge in [0, 0.05) is 0 Å². The van der Waals surface area contributed by atoms with Crippen LogP contribution in [0.25, 0.3) is 0 Å². The Morgan fingerprint density at radius 1 is 1.55 bits per heavy atom. The second kappa shape index (κ2) is 3.18. The molecule has 0 saturated carbocycles. The molecule has 0 spiro atoms. The van der Waals surface area contributed by atoms with Gasteiger partial charge in [-0.15, -0.1) is 0 Å². The zero-order valence-corrected chi connectivity index (χ0v) is 7.05. The van der Waals surface area contributed by atoms with Crippen molar-refractivity contribution in [1.82, 2.24) is 0 Å². The molecule has 1 N–H and O–H groups in total. The molecule has 62 valence electrons. The lowest BCUT2D eigenvalue weighted by Crippen LogP contribution is -2.07. The van der Waals surface area contributed by atoms with E-state index in [-0.39, 0.29) is 5.78 Å². The van der Waals surface area contributed by atoms with Crippen LogP contribution in [0, 0.1) is 0 Å². The molecular weight excluding hydrogens is 140 g/mol. The van der Waals surface area contributed by atoms with Gasteiger partial charge in [0.05, 0.1) is 6.10 Å². The van der Waals surface area contributed by atoms with Crippen LogP contribution >= 0.6 is 0 Å². The zero-order valence-electron chi connectivity index (χ0n) is 7.05. The maximum Gasteiger partial charge on any atom is 0.155 e. The number of rotatable bonds is 2. The summed E-state index contributed by atoms with van der Waals surface area (Å²) >= 11 is 0. The standard InChI is InChI=1S/C9H14O2/c1-6(10)8-4-3-5-9(8)7(2)11/h6,10H,3-5H2,1-2H3. The SMILES string of the molecule is CC(=O)C1=C(C(C)O)CCC1. The summed E-state index contributed by atoms with van der Waals surface area (Å²) in [6, 6.07) is 0. The smallest absolute Gasteiger partial charge is 0.155 e. The number of hydrogen-bond donors (Lipinski definition) is 1. The fourth-order valence-electron chi connectivity index (χ4n) is 1.63. The van der Waals surface area contributed by atoms with E-state index in [1.54, 1.807) is 13.8 Å². The van der Waals surface area contributed by atoms with Gasteiger partial charge in [0.25, 0.3) is 0 Å². The second-order valence-corrected chi connectivity index (χ2v) is 3.09. The molecule has 0 bridgehead atoms. The lowest BCUT2D eigenvalue weighted by atomic mass is 10.0. The highest BCUT2D eigenvalue weighted by atomic mass is 16.3. The number of carbonyl (C=O) groups is 1. The van der Waals surface area contributed by atoms with Crippen LogP contribution in [0.5, 0.6) is 0 Å². The van der Waals surface area contributed by atoms with Gasteiger partial charge in [-0.05, 0) is 44.3 Å². The maximum atomic E-state index is 11.0. The van der Waals surface area contributed by atoms with Gasteiger partial charge in [0.1, 0.15) is 0 Å². The number of aliphatic hydroxyl groups excluding tert-OH is 1. The summed E-state index contributed by atoms with van der Waals surface area (Å²) in [6.07, 6.45) is 2.34. The summed E-state index contributed by atoms with van der Waals surface area (Å²) < 4.78 is 0. The molecule has 1 atom stereocenters. The highest BCUT2D eigenvalue weighted by Crippen LogP contribution is 2.28. The van der Waals surface area contributed by atoms with Crippen LogP contribution in [-0.2, 0) is 4.79 Å². The molecule has 0 aromatic carbocycles. The van der Waals surface area contributed by atoms with Gasteiger partial charge in [0.2, 0.25) is 0 Å². The summed E-state index contributed by atoms with van der Waals surface area (Å²) in [5.41, 5.74) is 1.82. The fourth-order valence-corrected chi connectivity index (χ4v) is 1.63. The topological polar surface area (TPSA) is 37.3 Å². The quantitative estimate of drug-likeness (QED) is 0.653. The first-order valence-corrected chi connectivity index (χ1v) is 4.04. The normalized spacial score (nSPS) is 20.6. The molecule has 1 unspecified atom stereocenters. The summed E-state index contributed by atoms with van der Waals surface area (Å²) in [6.45, 7) is 3.30. The van der Waals surface area contributed by atoms with Crippen LogP contribution in [0.4, 0.5) is 0 Å². The minimum absolute atomic E-state index is 0.124. The fraction of sp³-hybridized carbons (Fsp3) is 0.667. The van der Waals surface area contributed by atoms with Crippen LogP contribution < -0.4 is 0 Å². The number of hydrogen-bond acceptors (Lipinski definition) is 2. The van der Waals surface area contributed by atoms with Crippen LogP contribution in [0.1, 0.15) is 33.1 Å². The largest absolute Gasteiger partial charge is 0.389 e. The van der Waals surface area contributed by atoms with E-state index >= 15 is 0 Å². The van der Waals surface area contributed by atoms with Crippen molar-refractivity contribution in [2.45, 2.75) is 39.2 Å². The first kappa shape index (κ1) is 8.47. The van der Waals surface area contributed by atoms with E-state index in [1.165, 1.54) is 0 Å². The van der Waals surface area contributed by atoms with E-state index in [9.17, 15) is 9.90 Å². The molecule has 0 aliphatic heterocycles. The lowest BCUT2D eigenvalue weighted by Gasteiger charge is -2.06. The Morgan fingerprint density at radius 3 is 2.55 bits per heavy atom. The molecule has 0 saturated heterocycles. The first-order chi connectivity index (χ1) is 5.13. The van der Waals surface area contributed by atoms with Crippen molar-refractivity contribution in [2.24, 2.45) is 0 Å². The molecule has 0 fully saturated rings. The van der Waals surface area contributed by atoms with Crippen molar-refractivity contribution >= 4 is 5.78 Å². The van der Waals surface area contributed by atoms with Crippen molar-refractivity contribution in [3.05, 3.63) is 11.1 Å². The van der Waals surface area contributed by atoms with Crippen LogP contribution in [-0.4, -0.2) is 17.0 Å². The molecule has 11 heavy (non-hydrogen) atoms. The van der Waals surface area contributed by atoms with Gasteiger partial charge < -0.3 is 5.11 Å². The van der Waals surface area contributed by atoms with Gasteiger partial charge in [-0.3, -0.25) is 4.79 Å². The second-order valence-electron chi connectivity index (χ2n) is 3.09. The Labute approximate surface area is 66.9 Å². The van der Waals surface area contributed by atoms with Gasteiger partial charge in [0.15, 0.2) is 5.78 Å². The minimum Gasteiger partial charge on any atom is -0.389 e. The Bertz CT molecular complexity index is 202. The first-order valence-electron chi connectivity index (χ1n) is 4.04. The van der Waals surface area contributed by atoms with Crippen molar-refractivity contribution < 1.29 is 9.90 Å². The van der Waals surface area contributed by atoms with Crippen LogP contribution in [0.3, 0.4) is 0 Å². The highest BCUT2D eigenvalue weighted by Gasteiger charge is 2.20. The van der Waals surface area contributed by atoms with Gasteiger partial charge >= 0.3 is 0 Å². The number of Topliss-reactive ketones (excluding diaryl/α,β-unsaturated/α-hetero) is 1. The van der Waals surface area contributed by atoms with Crippen molar-refractivity contribution in [3.63, 3.8) is 0 Å². The summed E-state index contributed by atoms with van der Waals surface area (Å²) in [5, 5.41) is 9.26. The van der Waals surface area contributed by atoms with E-state index in [1.807, 2.05) is 0 Å². The van der Waals surface area contributed by atoms with Gasteiger partial charge in [-0.25, -0.2) is 0 Å². The molecular formula is C9H14O2. The molecule has 0 heterocycles. The average molecular weight is 154 g/mol. The van der Waals surface area contributed by atoms with E-state index in [4.69, 9.17) is 0 Å². The van der Waals surface area contributed by atoms with Gasteiger partial charge in [-0.2, -0.15) is 0 Å². The van der Waals surface area contributed by atoms with Gasteiger partial charge in [-0.1, -0.05) is 0 Å². The predicted molar refractivity (Wildman–Crippen MR) is 43.2 cm³/mol.